The zero-order valence-electron chi connectivity index (χ0n) is 15.2. The lowest BCUT2D eigenvalue weighted by Crippen LogP contribution is -2.38. The van der Waals surface area contributed by atoms with Crippen molar-refractivity contribution in [1.29, 1.82) is 0 Å². The third-order valence-corrected chi connectivity index (χ3v) is 4.39. The van der Waals surface area contributed by atoms with Gasteiger partial charge in [-0.25, -0.2) is 0 Å². The van der Waals surface area contributed by atoms with Gasteiger partial charge in [-0.15, -0.1) is 0 Å². The Hall–Kier alpha value is -2.37. The van der Waals surface area contributed by atoms with Crippen LogP contribution in [0.15, 0.2) is 24.3 Å². The van der Waals surface area contributed by atoms with Gasteiger partial charge in [0.1, 0.15) is 0 Å². The fraction of sp³-hybridized carbons (Fsp3) is 0.526. The number of carbonyl (C=O) groups excluding carboxylic acids is 3. The van der Waals surface area contributed by atoms with Crippen LogP contribution in [-0.4, -0.2) is 53.8 Å². The molecule has 1 aromatic rings. The maximum Gasteiger partial charge on any atom is 0.307 e. The fourth-order valence-electron chi connectivity index (χ4n) is 2.97. The summed E-state index contributed by atoms with van der Waals surface area (Å²) in [4.78, 5) is 39.5. The van der Waals surface area contributed by atoms with Crippen molar-refractivity contribution in [3.05, 3.63) is 35.4 Å². The van der Waals surface area contributed by atoms with Crippen molar-refractivity contribution in [2.24, 2.45) is 0 Å². The van der Waals surface area contributed by atoms with Gasteiger partial charge in [-0.3, -0.25) is 14.4 Å². The molecule has 1 heterocycles. The molecule has 2 amide bonds. The van der Waals surface area contributed by atoms with Crippen LogP contribution in [0.25, 0.3) is 0 Å². The van der Waals surface area contributed by atoms with E-state index in [9.17, 15) is 14.4 Å². The van der Waals surface area contributed by atoms with Crippen LogP contribution in [-0.2, 0) is 20.9 Å². The first-order valence-electron chi connectivity index (χ1n) is 8.67. The number of amides is 2. The molecule has 25 heavy (non-hydrogen) atoms. The standard InChI is InChI=1S/C19H26N2O4/c1-14(2)21(11-9-18(23)25-3)19(24)16-7-4-6-15(12-16)13-20-10-5-8-17(20)22/h4,6-7,12,14H,5,8-11,13H2,1-3H3. The summed E-state index contributed by atoms with van der Waals surface area (Å²) >= 11 is 0. The highest BCUT2D eigenvalue weighted by Gasteiger charge is 2.22. The van der Waals surface area contributed by atoms with E-state index in [-0.39, 0.29) is 30.2 Å². The molecule has 0 N–H and O–H groups in total. The van der Waals surface area contributed by atoms with E-state index in [1.54, 1.807) is 11.0 Å². The van der Waals surface area contributed by atoms with Gasteiger partial charge in [0, 0.05) is 37.7 Å². The molecule has 136 valence electrons. The molecule has 0 unspecified atom stereocenters. The number of likely N-dealkylation sites (tertiary alicyclic amines) is 1. The Morgan fingerprint density at radius 1 is 1.32 bits per heavy atom. The van der Waals surface area contributed by atoms with Crippen LogP contribution in [0.2, 0.25) is 0 Å². The highest BCUT2D eigenvalue weighted by atomic mass is 16.5. The van der Waals surface area contributed by atoms with Gasteiger partial charge in [0.15, 0.2) is 0 Å². The second-order valence-electron chi connectivity index (χ2n) is 6.54. The van der Waals surface area contributed by atoms with E-state index in [1.807, 2.05) is 36.9 Å². The molecule has 0 radical (unpaired) electrons. The number of esters is 1. The van der Waals surface area contributed by atoms with Gasteiger partial charge in [0.25, 0.3) is 5.91 Å². The van der Waals surface area contributed by atoms with Gasteiger partial charge in [-0.2, -0.15) is 0 Å². The molecule has 0 spiro atoms. The smallest absolute Gasteiger partial charge is 0.307 e. The van der Waals surface area contributed by atoms with E-state index < -0.39 is 0 Å². The van der Waals surface area contributed by atoms with E-state index in [1.165, 1.54) is 7.11 Å². The topological polar surface area (TPSA) is 66.9 Å². The van der Waals surface area contributed by atoms with Crippen LogP contribution >= 0.6 is 0 Å². The molecule has 6 heteroatoms. The molecule has 1 aliphatic heterocycles. The van der Waals surface area contributed by atoms with Gasteiger partial charge in [0.2, 0.25) is 5.91 Å². The summed E-state index contributed by atoms with van der Waals surface area (Å²) in [6, 6.07) is 7.34. The van der Waals surface area contributed by atoms with Crippen LogP contribution in [0.1, 0.15) is 49.0 Å². The molecule has 0 aromatic heterocycles. The van der Waals surface area contributed by atoms with Gasteiger partial charge in [-0.05, 0) is 38.0 Å². The van der Waals surface area contributed by atoms with Crippen LogP contribution < -0.4 is 0 Å². The number of methoxy groups -OCH3 is 1. The van der Waals surface area contributed by atoms with Crippen molar-refractivity contribution in [3.8, 4) is 0 Å². The maximum atomic E-state index is 12.8. The highest BCUT2D eigenvalue weighted by molar-refractivity contribution is 5.94. The van der Waals surface area contributed by atoms with Crippen molar-refractivity contribution < 1.29 is 19.1 Å². The number of nitrogens with zero attached hydrogens (tertiary/aromatic N) is 2. The zero-order valence-corrected chi connectivity index (χ0v) is 15.2. The minimum atomic E-state index is -0.334. The minimum absolute atomic E-state index is 0.0269. The molecule has 1 saturated heterocycles. The normalized spacial score (nSPS) is 14.1. The summed E-state index contributed by atoms with van der Waals surface area (Å²) in [5.41, 5.74) is 1.51. The largest absolute Gasteiger partial charge is 0.469 e. The Balaban J connectivity index is 2.09. The summed E-state index contributed by atoms with van der Waals surface area (Å²) in [7, 11) is 1.34. The molecule has 1 fully saturated rings. The molecule has 0 bridgehead atoms. The average Bonchev–Trinajstić information content (AvgIpc) is 2.99. The zero-order chi connectivity index (χ0) is 18.4. The molecular weight excluding hydrogens is 320 g/mol. The summed E-state index contributed by atoms with van der Waals surface area (Å²) < 4.78 is 4.65. The van der Waals surface area contributed by atoms with Gasteiger partial charge in [0.05, 0.1) is 13.5 Å². The molecule has 1 aliphatic rings. The summed E-state index contributed by atoms with van der Waals surface area (Å²) in [6.45, 7) is 5.46. The molecule has 0 aliphatic carbocycles. The first-order valence-corrected chi connectivity index (χ1v) is 8.67. The van der Waals surface area contributed by atoms with Crippen LogP contribution in [0, 0.1) is 0 Å². The Bertz CT molecular complexity index is 642. The lowest BCUT2D eigenvalue weighted by atomic mass is 10.1. The number of ether oxygens (including phenoxy) is 1. The van der Waals surface area contributed by atoms with Crippen molar-refractivity contribution in [2.45, 2.75) is 45.7 Å². The number of hydrogen-bond acceptors (Lipinski definition) is 4. The molecule has 1 aromatic carbocycles. The van der Waals surface area contributed by atoms with Gasteiger partial charge < -0.3 is 14.5 Å². The Labute approximate surface area is 148 Å². The molecule has 0 atom stereocenters. The first-order chi connectivity index (χ1) is 11.9. The monoisotopic (exact) mass is 346 g/mol. The molecule has 2 rings (SSSR count). The van der Waals surface area contributed by atoms with E-state index >= 15 is 0 Å². The van der Waals surface area contributed by atoms with Crippen molar-refractivity contribution >= 4 is 17.8 Å². The van der Waals surface area contributed by atoms with Crippen LogP contribution in [0.4, 0.5) is 0 Å². The molecule has 6 nitrogen and oxygen atoms in total. The van der Waals surface area contributed by atoms with Crippen molar-refractivity contribution in [2.75, 3.05) is 20.2 Å². The van der Waals surface area contributed by atoms with Crippen molar-refractivity contribution in [1.82, 2.24) is 9.80 Å². The van der Waals surface area contributed by atoms with E-state index in [2.05, 4.69) is 4.74 Å². The predicted octanol–water partition coefficient (Wildman–Crippen LogP) is 2.22. The van der Waals surface area contributed by atoms with Crippen LogP contribution in [0.3, 0.4) is 0 Å². The second kappa shape index (κ2) is 8.65. The van der Waals surface area contributed by atoms with E-state index in [0.717, 1.165) is 18.5 Å². The Morgan fingerprint density at radius 3 is 2.68 bits per heavy atom. The maximum absolute atomic E-state index is 12.8. The molecule has 0 saturated carbocycles. The third kappa shape index (κ3) is 5.05. The quantitative estimate of drug-likeness (QED) is 0.710. The van der Waals surface area contributed by atoms with Gasteiger partial charge >= 0.3 is 5.97 Å². The van der Waals surface area contributed by atoms with E-state index in [0.29, 0.717) is 25.1 Å². The summed E-state index contributed by atoms with van der Waals surface area (Å²) in [6.07, 6.45) is 1.67. The van der Waals surface area contributed by atoms with Gasteiger partial charge in [-0.1, -0.05) is 12.1 Å². The highest BCUT2D eigenvalue weighted by Crippen LogP contribution is 2.17. The molecular formula is C19H26N2O4. The number of carbonyl (C=O) groups is 3. The minimum Gasteiger partial charge on any atom is -0.469 e. The fourth-order valence-corrected chi connectivity index (χ4v) is 2.97. The van der Waals surface area contributed by atoms with E-state index in [4.69, 9.17) is 0 Å². The first kappa shape index (κ1) is 19.0. The lowest BCUT2D eigenvalue weighted by molar-refractivity contribution is -0.140. The SMILES string of the molecule is COC(=O)CCN(C(=O)c1cccc(CN2CCCC2=O)c1)C(C)C. The summed E-state index contributed by atoms with van der Waals surface area (Å²) in [5, 5.41) is 0. The Kier molecular flexibility index (Phi) is 6.56. The average molecular weight is 346 g/mol. The Morgan fingerprint density at radius 2 is 2.08 bits per heavy atom. The number of benzene rings is 1. The summed E-state index contributed by atoms with van der Waals surface area (Å²) in [5.74, 6) is -0.285. The second-order valence-corrected chi connectivity index (χ2v) is 6.54. The van der Waals surface area contributed by atoms with Crippen LogP contribution in [0.5, 0.6) is 0 Å². The predicted molar refractivity (Wildman–Crippen MR) is 93.9 cm³/mol. The number of rotatable bonds is 7. The third-order valence-electron chi connectivity index (χ3n) is 4.39. The lowest BCUT2D eigenvalue weighted by Gasteiger charge is -2.26. The van der Waals surface area contributed by atoms with Crippen molar-refractivity contribution in [3.63, 3.8) is 0 Å². The number of hydrogen-bond donors (Lipinski definition) is 0.